The van der Waals surface area contributed by atoms with Crippen LogP contribution in [0.4, 0.5) is 0 Å². The lowest BCUT2D eigenvalue weighted by atomic mass is 10.1. The molecule has 136 valence electrons. The number of hydrogen-bond acceptors (Lipinski definition) is 5. The van der Waals surface area contributed by atoms with E-state index in [-0.39, 0.29) is 11.8 Å². The second-order valence-electron chi connectivity index (χ2n) is 6.66. The summed E-state index contributed by atoms with van der Waals surface area (Å²) < 4.78 is 0. The van der Waals surface area contributed by atoms with Gasteiger partial charge in [0, 0.05) is 43.9 Å². The van der Waals surface area contributed by atoms with Crippen molar-refractivity contribution in [3.05, 3.63) is 36.2 Å². The fourth-order valence-electron chi connectivity index (χ4n) is 3.60. The molecule has 0 radical (unpaired) electrons. The summed E-state index contributed by atoms with van der Waals surface area (Å²) in [5.74, 6) is 0.614. The van der Waals surface area contributed by atoms with Gasteiger partial charge in [-0.05, 0) is 25.0 Å². The van der Waals surface area contributed by atoms with Crippen molar-refractivity contribution in [3.63, 3.8) is 0 Å². The van der Waals surface area contributed by atoms with E-state index in [0.29, 0.717) is 31.0 Å². The molecule has 0 saturated carbocycles. The monoisotopic (exact) mass is 354 g/mol. The molecule has 1 aromatic heterocycles. The van der Waals surface area contributed by atoms with Crippen LogP contribution in [0.5, 0.6) is 0 Å². The first-order valence-electron chi connectivity index (χ1n) is 9.00. The highest BCUT2D eigenvalue weighted by molar-refractivity contribution is 5.98. The molecule has 2 aliphatic rings. The first-order valence-corrected chi connectivity index (χ1v) is 9.00. The molecule has 0 spiro atoms. The zero-order valence-corrected chi connectivity index (χ0v) is 14.5. The highest BCUT2D eigenvalue weighted by Crippen LogP contribution is 2.19. The Balaban J connectivity index is 1.52. The number of amides is 2. The third-order valence-electron chi connectivity index (χ3n) is 5.03. The molecule has 2 saturated heterocycles. The van der Waals surface area contributed by atoms with E-state index in [1.54, 1.807) is 17.0 Å². The molecule has 1 atom stereocenters. The molecule has 2 aliphatic heterocycles. The van der Waals surface area contributed by atoms with Gasteiger partial charge in [-0.1, -0.05) is 12.1 Å². The third kappa shape index (κ3) is 3.20. The van der Waals surface area contributed by atoms with Gasteiger partial charge >= 0.3 is 0 Å². The van der Waals surface area contributed by atoms with Crippen LogP contribution in [0.25, 0.3) is 11.4 Å². The molecule has 2 amide bonds. The van der Waals surface area contributed by atoms with Crippen LogP contribution in [-0.2, 0) is 4.79 Å². The van der Waals surface area contributed by atoms with E-state index in [1.807, 2.05) is 17.0 Å². The van der Waals surface area contributed by atoms with Crippen molar-refractivity contribution in [3.8, 4) is 11.4 Å². The van der Waals surface area contributed by atoms with E-state index in [2.05, 4.69) is 20.5 Å². The van der Waals surface area contributed by atoms with E-state index in [4.69, 9.17) is 0 Å². The van der Waals surface area contributed by atoms with E-state index >= 15 is 0 Å². The molecule has 8 nitrogen and oxygen atoms in total. The molecule has 4 rings (SSSR count). The minimum atomic E-state index is -0.427. The third-order valence-corrected chi connectivity index (χ3v) is 5.03. The number of benzene rings is 1. The lowest BCUT2D eigenvalue weighted by Gasteiger charge is -2.37. The van der Waals surface area contributed by atoms with Gasteiger partial charge in [-0.15, -0.1) is 0 Å². The summed E-state index contributed by atoms with van der Waals surface area (Å²) >= 11 is 0. The van der Waals surface area contributed by atoms with Crippen molar-refractivity contribution in [1.82, 2.24) is 30.3 Å². The van der Waals surface area contributed by atoms with E-state index < -0.39 is 6.04 Å². The fourth-order valence-corrected chi connectivity index (χ4v) is 3.60. The van der Waals surface area contributed by atoms with Crippen LogP contribution in [0.15, 0.2) is 30.6 Å². The summed E-state index contributed by atoms with van der Waals surface area (Å²) in [5, 5.41) is 9.88. The topological polar surface area (TPSA) is 94.2 Å². The fraction of sp³-hybridized carbons (Fsp3) is 0.444. The summed E-state index contributed by atoms with van der Waals surface area (Å²) in [5.41, 5.74) is 1.44. The van der Waals surface area contributed by atoms with Gasteiger partial charge in [-0.25, -0.2) is 4.98 Å². The molecule has 0 bridgehead atoms. The number of nitrogens with zero attached hydrogens (tertiary/aromatic N) is 4. The predicted molar refractivity (Wildman–Crippen MR) is 95.3 cm³/mol. The number of H-pyrrole nitrogens is 1. The number of carbonyl (C=O) groups excluding carboxylic acids is 2. The van der Waals surface area contributed by atoms with Crippen LogP contribution in [0.2, 0.25) is 0 Å². The number of carbonyl (C=O) groups is 2. The van der Waals surface area contributed by atoms with Gasteiger partial charge < -0.3 is 15.1 Å². The minimum absolute atomic E-state index is 0.0568. The molecule has 26 heavy (non-hydrogen) atoms. The van der Waals surface area contributed by atoms with E-state index in [9.17, 15) is 9.59 Å². The van der Waals surface area contributed by atoms with Gasteiger partial charge in [0.25, 0.3) is 5.91 Å². The lowest BCUT2D eigenvalue weighted by molar-refractivity contribution is -0.135. The zero-order valence-electron chi connectivity index (χ0n) is 14.5. The standard InChI is InChI=1S/C18H22N6O2/c25-17(14-5-3-13(4-6-14)16-20-12-21-22-16)24-10-7-19-11-15(24)18(26)23-8-1-2-9-23/h3-6,12,15,19H,1-2,7-11H2,(H,20,21,22). The van der Waals surface area contributed by atoms with Crippen LogP contribution >= 0.6 is 0 Å². The molecule has 3 heterocycles. The summed E-state index contributed by atoms with van der Waals surface area (Å²) in [6, 6.07) is 6.81. The van der Waals surface area contributed by atoms with Gasteiger partial charge in [0.2, 0.25) is 5.91 Å². The highest BCUT2D eigenvalue weighted by Gasteiger charge is 2.35. The highest BCUT2D eigenvalue weighted by atomic mass is 16.2. The first kappa shape index (κ1) is 16.7. The zero-order chi connectivity index (χ0) is 17.9. The SMILES string of the molecule is O=C(C1CNCCN1C(=O)c1ccc(-c2ncn[nH]2)cc1)N1CCCC1. The molecular formula is C18H22N6O2. The average Bonchev–Trinajstić information content (AvgIpc) is 3.41. The summed E-state index contributed by atoms with van der Waals surface area (Å²) in [6.45, 7) is 3.34. The Morgan fingerprint density at radius 3 is 2.54 bits per heavy atom. The Kier molecular flexibility index (Phi) is 4.66. The van der Waals surface area contributed by atoms with Crippen LogP contribution in [0.3, 0.4) is 0 Å². The predicted octanol–water partition coefficient (Wildman–Crippen LogP) is 0.508. The number of likely N-dealkylation sites (tertiary alicyclic amines) is 1. The number of piperazine rings is 1. The number of aromatic nitrogens is 3. The van der Waals surface area contributed by atoms with Gasteiger partial charge in [0.05, 0.1) is 0 Å². The molecule has 2 aromatic rings. The van der Waals surface area contributed by atoms with Crippen molar-refractivity contribution in [1.29, 1.82) is 0 Å². The first-order chi connectivity index (χ1) is 12.7. The van der Waals surface area contributed by atoms with Crippen LogP contribution < -0.4 is 5.32 Å². The Hall–Kier alpha value is -2.74. The summed E-state index contributed by atoms with van der Waals surface area (Å²) in [6.07, 6.45) is 3.54. The van der Waals surface area contributed by atoms with Crippen molar-refractivity contribution in [2.75, 3.05) is 32.7 Å². The van der Waals surface area contributed by atoms with Crippen molar-refractivity contribution >= 4 is 11.8 Å². The summed E-state index contributed by atoms with van der Waals surface area (Å²) in [4.78, 5) is 33.5. The Labute approximate surface area is 151 Å². The van der Waals surface area contributed by atoms with Crippen molar-refractivity contribution in [2.45, 2.75) is 18.9 Å². The number of hydrogen-bond donors (Lipinski definition) is 2. The Morgan fingerprint density at radius 1 is 1.08 bits per heavy atom. The van der Waals surface area contributed by atoms with Crippen molar-refractivity contribution < 1.29 is 9.59 Å². The smallest absolute Gasteiger partial charge is 0.254 e. The second kappa shape index (κ2) is 7.25. The number of aromatic amines is 1. The molecule has 8 heteroatoms. The normalized spacial score (nSPS) is 20.4. The largest absolute Gasteiger partial charge is 0.341 e. The maximum atomic E-state index is 13.0. The van der Waals surface area contributed by atoms with Crippen molar-refractivity contribution in [2.24, 2.45) is 0 Å². The Bertz CT molecular complexity index is 767. The van der Waals surface area contributed by atoms with Crippen LogP contribution in [-0.4, -0.2) is 75.6 Å². The van der Waals surface area contributed by atoms with Gasteiger partial charge in [0.1, 0.15) is 12.4 Å². The van der Waals surface area contributed by atoms with E-state index in [1.165, 1.54) is 6.33 Å². The second-order valence-corrected chi connectivity index (χ2v) is 6.66. The van der Waals surface area contributed by atoms with Crippen LogP contribution in [0.1, 0.15) is 23.2 Å². The molecule has 2 N–H and O–H groups in total. The maximum absolute atomic E-state index is 13.0. The number of nitrogens with one attached hydrogen (secondary N) is 2. The van der Waals surface area contributed by atoms with E-state index in [0.717, 1.165) is 31.5 Å². The molecule has 0 aliphatic carbocycles. The maximum Gasteiger partial charge on any atom is 0.254 e. The van der Waals surface area contributed by atoms with Gasteiger partial charge in [0.15, 0.2) is 5.82 Å². The lowest BCUT2D eigenvalue weighted by Crippen LogP contribution is -2.59. The van der Waals surface area contributed by atoms with Gasteiger partial charge in [-0.2, -0.15) is 5.10 Å². The molecule has 2 fully saturated rings. The Morgan fingerprint density at radius 2 is 1.85 bits per heavy atom. The quantitative estimate of drug-likeness (QED) is 0.837. The van der Waals surface area contributed by atoms with Crippen LogP contribution in [0, 0.1) is 0 Å². The minimum Gasteiger partial charge on any atom is -0.341 e. The molecular weight excluding hydrogens is 332 g/mol. The van der Waals surface area contributed by atoms with Gasteiger partial charge in [-0.3, -0.25) is 14.7 Å². The summed E-state index contributed by atoms with van der Waals surface area (Å²) in [7, 11) is 0. The molecule has 1 unspecified atom stereocenters. The average molecular weight is 354 g/mol. The molecule has 1 aromatic carbocycles. The number of rotatable bonds is 3.